The fourth-order valence-corrected chi connectivity index (χ4v) is 4.12. The maximum absolute atomic E-state index is 12.4. The number of hydrogen-bond donors (Lipinski definition) is 2. The van der Waals surface area contributed by atoms with Crippen molar-refractivity contribution in [2.24, 2.45) is 11.7 Å². The average molecular weight is 417 g/mol. The summed E-state index contributed by atoms with van der Waals surface area (Å²) in [6, 6.07) is 10.00. The topological polar surface area (TPSA) is 122 Å². The smallest absolute Gasteiger partial charge is 0.255 e. The summed E-state index contributed by atoms with van der Waals surface area (Å²) >= 11 is 0. The summed E-state index contributed by atoms with van der Waals surface area (Å²) in [6.07, 6.45) is 4.41. The molecule has 3 N–H and O–H groups in total. The Hall–Kier alpha value is -2.94. The molecule has 8 nitrogen and oxygen atoms in total. The summed E-state index contributed by atoms with van der Waals surface area (Å²) < 4.78 is 22.7. The first kappa shape index (κ1) is 20.8. The van der Waals surface area contributed by atoms with Gasteiger partial charge in [0.1, 0.15) is 5.82 Å². The number of nitrogens with two attached hydrogens (primary N) is 1. The number of pyridine rings is 1. The number of anilines is 2. The van der Waals surface area contributed by atoms with Gasteiger partial charge in [-0.25, -0.2) is 13.4 Å². The lowest BCUT2D eigenvalue weighted by atomic mass is 9.97. The SMILES string of the molecule is CS(=O)(=O)Cc1ccc(C(=O)Nc2ccc(N3CCCC(C(N)=O)C3)nc2)cc1. The fourth-order valence-electron chi connectivity index (χ4n) is 3.32. The van der Waals surface area contributed by atoms with Gasteiger partial charge in [-0.05, 0) is 42.7 Å². The highest BCUT2D eigenvalue weighted by Crippen LogP contribution is 2.22. The molecule has 154 valence electrons. The number of carbonyl (C=O) groups is 2. The van der Waals surface area contributed by atoms with E-state index >= 15 is 0 Å². The number of carbonyl (C=O) groups excluding carboxylic acids is 2. The molecule has 1 saturated heterocycles. The lowest BCUT2D eigenvalue weighted by Gasteiger charge is -2.32. The van der Waals surface area contributed by atoms with Crippen LogP contribution in [0.3, 0.4) is 0 Å². The van der Waals surface area contributed by atoms with E-state index in [1.165, 1.54) is 6.26 Å². The maximum Gasteiger partial charge on any atom is 0.255 e. The molecule has 2 aromatic rings. The maximum atomic E-state index is 12.4. The number of piperidine rings is 1. The average Bonchev–Trinajstić information content (AvgIpc) is 2.68. The van der Waals surface area contributed by atoms with Gasteiger partial charge in [-0.1, -0.05) is 12.1 Å². The Morgan fingerprint density at radius 2 is 1.93 bits per heavy atom. The van der Waals surface area contributed by atoms with Gasteiger partial charge in [0.15, 0.2) is 9.84 Å². The van der Waals surface area contributed by atoms with Crippen molar-refractivity contribution in [2.75, 3.05) is 29.6 Å². The van der Waals surface area contributed by atoms with Crippen LogP contribution in [-0.4, -0.2) is 44.6 Å². The zero-order valence-corrected chi connectivity index (χ0v) is 17.0. The predicted octanol–water partition coefficient (Wildman–Crippen LogP) is 1.58. The van der Waals surface area contributed by atoms with Gasteiger partial charge < -0.3 is 16.0 Å². The summed E-state index contributed by atoms with van der Waals surface area (Å²) in [7, 11) is -3.12. The van der Waals surface area contributed by atoms with Gasteiger partial charge in [-0.3, -0.25) is 9.59 Å². The molecule has 1 aromatic heterocycles. The largest absolute Gasteiger partial charge is 0.369 e. The quantitative estimate of drug-likeness (QED) is 0.737. The van der Waals surface area contributed by atoms with E-state index in [-0.39, 0.29) is 23.5 Å². The minimum absolute atomic E-state index is 0.0621. The van der Waals surface area contributed by atoms with E-state index in [0.29, 0.717) is 23.4 Å². The number of nitrogens with zero attached hydrogens (tertiary/aromatic N) is 2. The minimum Gasteiger partial charge on any atom is -0.369 e. The first-order valence-corrected chi connectivity index (χ1v) is 11.4. The second kappa shape index (κ2) is 8.60. The Kier molecular flexibility index (Phi) is 6.17. The molecule has 2 amide bonds. The lowest BCUT2D eigenvalue weighted by Crippen LogP contribution is -2.41. The summed E-state index contributed by atoms with van der Waals surface area (Å²) in [5.41, 5.74) is 7.01. The predicted molar refractivity (Wildman–Crippen MR) is 111 cm³/mol. The number of aromatic nitrogens is 1. The third kappa shape index (κ3) is 5.77. The standard InChI is InChI=1S/C20H24N4O4S/c1-29(27,28)13-14-4-6-15(7-5-14)20(26)23-17-8-9-18(22-11-17)24-10-2-3-16(12-24)19(21)25/h4-9,11,16H,2-3,10,12-13H2,1H3,(H2,21,25)(H,23,26). The zero-order valence-electron chi connectivity index (χ0n) is 16.2. The van der Waals surface area contributed by atoms with Gasteiger partial charge in [0.25, 0.3) is 5.91 Å². The summed E-state index contributed by atoms with van der Waals surface area (Å²) in [4.78, 5) is 30.2. The molecule has 0 saturated carbocycles. The highest BCUT2D eigenvalue weighted by molar-refractivity contribution is 7.89. The molecule has 3 rings (SSSR count). The van der Waals surface area contributed by atoms with Gasteiger partial charge in [0.2, 0.25) is 5.91 Å². The van der Waals surface area contributed by atoms with Crippen LogP contribution in [0.1, 0.15) is 28.8 Å². The molecule has 0 bridgehead atoms. The van der Waals surface area contributed by atoms with Gasteiger partial charge in [0, 0.05) is 24.9 Å². The molecule has 1 aliphatic heterocycles. The van der Waals surface area contributed by atoms with Crippen LogP contribution in [0.5, 0.6) is 0 Å². The Balaban J connectivity index is 1.62. The third-order valence-corrected chi connectivity index (χ3v) is 5.66. The number of rotatable bonds is 6. The monoisotopic (exact) mass is 416 g/mol. The lowest BCUT2D eigenvalue weighted by molar-refractivity contribution is -0.122. The number of benzene rings is 1. The molecule has 1 fully saturated rings. The van der Waals surface area contributed by atoms with E-state index in [0.717, 1.165) is 25.2 Å². The van der Waals surface area contributed by atoms with Crippen molar-refractivity contribution in [2.45, 2.75) is 18.6 Å². The van der Waals surface area contributed by atoms with Crippen LogP contribution in [-0.2, 0) is 20.4 Å². The van der Waals surface area contributed by atoms with Gasteiger partial charge in [0.05, 0.1) is 23.6 Å². The summed E-state index contributed by atoms with van der Waals surface area (Å²) in [5, 5.41) is 2.77. The minimum atomic E-state index is -3.12. The molecule has 0 aliphatic carbocycles. The molecule has 29 heavy (non-hydrogen) atoms. The second-order valence-electron chi connectivity index (χ2n) is 7.31. The number of nitrogens with one attached hydrogen (secondary N) is 1. The van der Waals surface area contributed by atoms with Crippen molar-refractivity contribution < 1.29 is 18.0 Å². The van der Waals surface area contributed by atoms with Crippen LogP contribution in [0.15, 0.2) is 42.6 Å². The normalized spacial score (nSPS) is 17.0. The Labute approximate surface area is 170 Å². The van der Waals surface area contributed by atoms with Crippen molar-refractivity contribution in [3.63, 3.8) is 0 Å². The highest BCUT2D eigenvalue weighted by atomic mass is 32.2. The number of sulfone groups is 1. The van der Waals surface area contributed by atoms with E-state index in [4.69, 9.17) is 5.73 Å². The number of hydrogen-bond acceptors (Lipinski definition) is 6. The van der Waals surface area contributed by atoms with Crippen LogP contribution in [0.4, 0.5) is 11.5 Å². The molecule has 0 spiro atoms. The van der Waals surface area contributed by atoms with Crippen LogP contribution < -0.4 is 16.0 Å². The Morgan fingerprint density at radius 3 is 2.52 bits per heavy atom. The molecule has 2 heterocycles. The van der Waals surface area contributed by atoms with E-state index in [2.05, 4.69) is 10.3 Å². The van der Waals surface area contributed by atoms with Gasteiger partial charge in [-0.2, -0.15) is 0 Å². The van der Waals surface area contributed by atoms with Crippen LogP contribution in [0.2, 0.25) is 0 Å². The van der Waals surface area contributed by atoms with Crippen molar-refractivity contribution in [3.05, 3.63) is 53.7 Å². The molecule has 1 aromatic carbocycles. The molecule has 9 heteroatoms. The summed E-state index contributed by atoms with van der Waals surface area (Å²) in [6.45, 7) is 1.36. The number of amides is 2. The van der Waals surface area contributed by atoms with Gasteiger partial charge >= 0.3 is 0 Å². The highest BCUT2D eigenvalue weighted by Gasteiger charge is 2.24. The Morgan fingerprint density at radius 1 is 1.21 bits per heavy atom. The second-order valence-corrected chi connectivity index (χ2v) is 9.45. The van der Waals surface area contributed by atoms with Crippen molar-refractivity contribution in [3.8, 4) is 0 Å². The van der Waals surface area contributed by atoms with Crippen molar-refractivity contribution in [1.29, 1.82) is 0 Å². The van der Waals surface area contributed by atoms with Gasteiger partial charge in [-0.15, -0.1) is 0 Å². The molecular formula is C20H24N4O4S. The van der Waals surface area contributed by atoms with Crippen molar-refractivity contribution >= 4 is 33.2 Å². The Bertz CT molecular complexity index is 988. The van der Waals surface area contributed by atoms with Crippen LogP contribution >= 0.6 is 0 Å². The van der Waals surface area contributed by atoms with Crippen LogP contribution in [0, 0.1) is 5.92 Å². The molecule has 0 radical (unpaired) electrons. The first-order chi connectivity index (χ1) is 13.7. The fraction of sp³-hybridized carbons (Fsp3) is 0.350. The molecule has 1 unspecified atom stereocenters. The molecule has 1 aliphatic rings. The molecular weight excluding hydrogens is 392 g/mol. The summed E-state index contributed by atoms with van der Waals surface area (Å²) in [5.74, 6) is -0.0963. The zero-order chi connectivity index (χ0) is 21.0. The van der Waals surface area contributed by atoms with E-state index < -0.39 is 9.84 Å². The number of primary amides is 1. The van der Waals surface area contributed by atoms with E-state index in [1.807, 2.05) is 4.90 Å². The van der Waals surface area contributed by atoms with Crippen LogP contribution in [0.25, 0.3) is 0 Å². The van der Waals surface area contributed by atoms with E-state index in [9.17, 15) is 18.0 Å². The first-order valence-electron chi connectivity index (χ1n) is 9.29. The van der Waals surface area contributed by atoms with Crippen molar-refractivity contribution in [1.82, 2.24) is 4.98 Å². The molecule has 1 atom stereocenters. The third-order valence-electron chi connectivity index (χ3n) is 4.80. The van der Waals surface area contributed by atoms with E-state index in [1.54, 1.807) is 42.6 Å².